The number of carbonyl (C=O) groups excluding carboxylic acids is 2. The lowest BCUT2D eigenvalue weighted by atomic mass is 10.2. The molecule has 3 heteroatoms. The highest BCUT2D eigenvalue weighted by molar-refractivity contribution is 5.95. The van der Waals surface area contributed by atoms with Crippen LogP contribution in [0.1, 0.15) is 13.3 Å². The first-order valence-corrected chi connectivity index (χ1v) is 2.38. The van der Waals surface area contributed by atoms with Crippen LogP contribution in [0.2, 0.25) is 0 Å². The molecule has 0 aromatic carbocycles. The van der Waals surface area contributed by atoms with E-state index in [9.17, 15) is 9.59 Å². The van der Waals surface area contributed by atoms with Crippen molar-refractivity contribution in [3.63, 3.8) is 0 Å². The highest BCUT2D eigenvalue weighted by atomic mass is 16.3. The van der Waals surface area contributed by atoms with Crippen LogP contribution in [0.25, 0.3) is 0 Å². The van der Waals surface area contributed by atoms with E-state index in [1.807, 2.05) is 0 Å². The number of hydrogen-bond donors (Lipinski definition) is 1. The molecule has 0 spiro atoms. The molecule has 0 bridgehead atoms. The fraction of sp³-hybridized carbons (Fsp3) is 0.600. The SMILES string of the molecule is CCC(=O)C(O)C=O. The lowest BCUT2D eigenvalue weighted by molar-refractivity contribution is -0.132. The van der Waals surface area contributed by atoms with Gasteiger partial charge in [-0.2, -0.15) is 0 Å². The predicted octanol–water partition coefficient (Wildman–Crippen LogP) is -0.475. The quantitative estimate of drug-likeness (QED) is 0.400. The van der Waals surface area contributed by atoms with Gasteiger partial charge in [0.25, 0.3) is 0 Å². The number of aldehydes is 1. The molecule has 3 nitrogen and oxygen atoms in total. The molecule has 0 aromatic rings. The molecule has 0 amide bonds. The Morgan fingerprint density at radius 3 is 2.50 bits per heavy atom. The monoisotopic (exact) mass is 116 g/mol. The fourth-order valence-electron chi connectivity index (χ4n) is 0.285. The van der Waals surface area contributed by atoms with E-state index >= 15 is 0 Å². The largest absolute Gasteiger partial charge is 0.378 e. The molecule has 0 rings (SSSR count). The summed E-state index contributed by atoms with van der Waals surface area (Å²) in [7, 11) is 0. The molecule has 0 fully saturated rings. The summed E-state index contributed by atoms with van der Waals surface area (Å²) in [4.78, 5) is 19.9. The van der Waals surface area contributed by atoms with Crippen LogP contribution in [0.3, 0.4) is 0 Å². The molecule has 0 saturated carbocycles. The Balaban J connectivity index is 3.62. The highest BCUT2D eigenvalue weighted by Gasteiger charge is 2.08. The third kappa shape index (κ3) is 1.84. The Labute approximate surface area is 47.3 Å². The molecule has 1 atom stereocenters. The Bertz CT molecular complexity index is 97.8. The molecule has 8 heavy (non-hydrogen) atoms. The lowest BCUT2D eigenvalue weighted by Crippen LogP contribution is -2.20. The normalized spacial score (nSPS) is 12.8. The molecular formula is C5H8O3. The average molecular weight is 116 g/mol. The van der Waals surface area contributed by atoms with Crippen LogP contribution < -0.4 is 0 Å². The van der Waals surface area contributed by atoms with E-state index in [1.165, 1.54) is 0 Å². The van der Waals surface area contributed by atoms with Crippen molar-refractivity contribution >= 4 is 12.1 Å². The molecule has 0 radical (unpaired) electrons. The number of Topliss-reactive ketones (excluding diaryl/α,β-unsaturated/α-hetero) is 1. The van der Waals surface area contributed by atoms with E-state index in [4.69, 9.17) is 5.11 Å². The molecule has 0 heterocycles. The zero-order chi connectivity index (χ0) is 6.57. The summed E-state index contributed by atoms with van der Waals surface area (Å²) in [5.74, 6) is -0.431. The van der Waals surface area contributed by atoms with Gasteiger partial charge in [-0.05, 0) is 0 Å². The number of aliphatic hydroxyl groups is 1. The Morgan fingerprint density at radius 1 is 1.88 bits per heavy atom. The molecule has 0 aliphatic carbocycles. The molecule has 0 aromatic heterocycles. The first kappa shape index (κ1) is 7.30. The minimum atomic E-state index is -1.40. The van der Waals surface area contributed by atoms with Crippen molar-refractivity contribution in [3.05, 3.63) is 0 Å². The second-order valence-corrected chi connectivity index (χ2v) is 1.40. The predicted molar refractivity (Wildman–Crippen MR) is 27.4 cm³/mol. The van der Waals surface area contributed by atoms with E-state index in [1.54, 1.807) is 6.92 Å². The van der Waals surface area contributed by atoms with Gasteiger partial charge in [-0.3, -0.25) is 9.59 Å². The summed E-state index contributed by atoms with van der Waals surface area (Å²) in [6, 6.07) is 0. The van der Waals surface area contributed by atoms with Gasteiger partial charge in [0.15, 0.2) is 18.2 Å². The number of aliphatic hydroxyl groups excluding tert-OH is 1. The van der Waals surface area contributed by atoms with E-state index in [0.717, 1.165) is 0 Å². The van der Waals surface area contributed by atoms with Crippen LogP contribution >= 0.6 is 0 Å². The van der Waals surface area contributed by atoms with Crippen LogP contribution in [0, 0.1) is 0 Å². The summed E-state index contributed by atoms with van der Waals surface area (Å²) >= 11 is 0. The van der Waals surface area contributed by atoms with Crippen LogP contribution in [-0.2, 0) is 9.59 Å². The van der Waals surface area contributed by atoms with Gasteiger partial charge in [-0.15, -0.1) is 0 Å². The van der Waals surface area contributed by atoms with Gasteiger partial charge >= 0.3 is 0 Å². The third-order valence-corrected chi connectivity index (χ3v) is 0.807. The zero-order valence-electron chi connectivity index (χ0n) is 4.63. The number of carbonyl (C=O) groups is 2. The van der Waals surface area contributed by atoms with Gasteiger partial charge in [0.2, 0.25) is 0 Å². The maximum Gasteiger partial charge on any atom is 0.168 e. The van der Waals surface area contributed by atoms with Crippen molar-refractivity contribution in [2.24, 2.45) is 0 Å². The third-order valence-electron chi connectivity index (χ3n) is 0.807. The second kappa shape index (κ2) is 3.32. The van der Waals surface area contributed by atoms with E-state index < -0.39 is 11.9 Å². The van der Waals surface area contributed by atoms with E-state index in [0.29, 0.717) is 0 Å². The maximum atomic E-state index is 10.3. The van der Waals surface area contributed by atoms with E-state index in [2.05, 4.69) is 0 Å². The van der Waals surface area contributed by atoms with Gasteiger partial charge in [0, 0.05) is 6.42 Å². The minimum absolute atomic E-state index is 0.208. The molecule has 1 N–H and O–H groups in total. The molecule has 0 aliphatic rings. The minimum Gasteiger partial charge on any atom is -0.378 e. The fourth-order valence-corrected chi connectivity index (χ4v) is 0.285. The number of rotatable bonds is 3. The number of hydrogen-bond acceptors (Lipinski definition) is 3. The van der Waals surface area contributed by atoms with Crippen LogP contribution in [0.15, 0.2) is 0 Å². The van der Waals surface area contributed by atoms with Gasteiger partial charge in [-0.1, -0.05) is 6.92 Å². The summed E-state index contributed by atoms with van der Waals surface area (Å²) in [5, 5.41) is 8.41. The van der Waals surface area contributed by atoms with Crippen LogP contribution in [-0.4, -0.2) is 23.3 Å². The summed E-state index contributed by atoms with van der Waals surface area (Å²) in [6.45, 7) is 1.59. The Hall–Kier alpha value is -0.700. The van der Waals surface area contributed by atoms with Crippen molar-refractivity contribution in [1.29, 1.82) is 0 Å². The zero-order valence-corrected chi connectivity index (χ0v) is 4.63. The summed E-state index contributed by atoms with van der Waals surface area (Å²) < 4.78 is 0. The first-order chi connectivity index (χ1) is 3.72. The van der Waals surface area contributed by atoms with Crippen molar-refractivity contribution in [2.45, 2.75) is 19.4 Å². The summed E-state index contributed by atoms with van der Waals surface area (Å²) in [5.41, 5.74) is 0. The van der Waals surface area contributed by atoms with Crippen molar-refractivity contribution in [2.75, 3.05) is 0 Å². The first-order valence-electron chi connectivity index (χ1n) is 2.38. The second-order valence-electron chi connectivity index (χ2n) is 1.40. The lowest BCUT2D eigenvalue weighted by Gasteiger charge is -1.94. The van der Waals surface area contributed by atoms with Crippen LogP contribution in [0.5, 0.6) is 0 Å². The summed E-state index contributed by atoms with van der Waals surface area (Å²) in [6.07, 6.45) is -0.967. The standard InChI is InChI=1S/C5H8O3/c1-2-4(7)5(8)3-6/h3,5,8H,2H2,1H3. The molecule has 0 saturated heterocycles. The Morgan fingerprint density at radius 2 is 2.38 bits per heavy atom. The number of ketones is 1. The molecular weight excluding hydrogens is 108 g/mol. The maximum absolute atomic E-state index is 10.3. The van der Waals surface area contributed by atoms with Gasteiger partial charge < -0.3 is 5.11 Å². The molecule has 1 unspecified atom stereocenters. The highest BCUT2D eigenvalue weighted by Crippen LogP contribution is 1.84. The topological polar surface area (TPSA) is 54.4 Å². The van der Waals surface area contributed by atoms with Crippen molar-refractivity contribution < 1.29 is 14.7 Å². The van der Waals surface area contributed by atoms with Gasteiger partial charge in [0.1, 0.15) is 0 Å². The van der Waals surface area contributed by atoms with Crippen molar-refractivity contribution in [3.8, 4) is 0 Å². The van der Waals surface area contributed by atoms with Gasteiger partial charge in [-0.25, -0.2) is 0 Å². The smallest absolute Gasteiger partial charge is 0.168 e. The van der Waals surface area contributed by atoms with Crippen molar-refractivity contribution in [1.82, 2.24) is 0 Å². The van der Waals surface area contributed by atoms with Gasteiger partial charge in [0.05, 0.1) is 0 Å². The van der Waals surface area contributed by atoms with Crippen LogP contribution in [0.4, 0.5) is 0 Å². The Kier molecular flexibility index (Phi) is 3.03. The molecule has 0 aliphatic heterocycles. The molecule has 46 valence electrons. The van der Waals surface area contributed by atoms with E-state index in [-0.39, 0.29) is 12.7 Å². The average Bonchev–Trinajstić information content (AvgIpc) is 1.84.